The van der Waals surface area contributed by atoms with Crippen LogP contribution in [0.1, 0.15) is 33.6 Å². The van der Waals surface area contributed by atoms with Gasteiger partial charge in [0.05, 0.1) is 7.11 Å². The van der Waals surface area contributed by atoms with Gasteiger partial charge in [-0.3, -0.25) is 4.79 Å². The molecule has 11 heavy (non-hydrogen) atoms. The molecule has 2 heteroatoms. The molecule has 1 atom stereocenters. The van der Waals surface area contributed by atoms with Crippen LogP contribution in [-0.4, -0.2) is 13.1 Å². The standard InChI is InChI=1S/C9H18O2/c1-5-8(7(2)3)6-9(10)11-4/h7-8H,5-6H2,1-4H3. The Kier molecular flexibility index (Phi) is 4.92. The minimum atomic E-state index is -0.0921. The van der Waals surface area contributed by atoms with Crippen LogP contribution < -0.4 is 0 Å². The van der Waals surface area contributed by atoms with Gasteiger partial charge in [-0.1, -0.05) is 27.2 Å². The maximum Gasteiger partial charge on any atom is 0.305 e. The lowest BCUT2D eigenvalue weighted by Gasteiger charge is -2.16. The molecule has 66 valence electrons. The smallest absolute Gasteiger partial charge is 0.305 e. The first kappa shape index (κ1) is 10.5. The lowest BCUT2D eigenvalue weighted by atomic mass is 9.90. The number of methoxy groups -OCH3 is 1. The number of hydrogen-bond donors (Lipinski definition) is 0. The van der Waals surface area contributed by atoms with Crippen LogP contribution in [0, 0.1) is 11.8 Å². The van der Waals surface area contributed by atoms with E-state index in [1.807, 2.05) is 0 Å². The van der Waals surface area contributed by atoms with E-state index < -0.39 is 0 Å². The van der Waals surface area contributed by atoms with Crippen molar-refractivity contribution in [3.05, 3.63) is 0 Å². The van der Waals surface area contributed by atoms with Crippen LogP contribution >= 0.6 is 0 Å². The predicted octanol–water partition coefficient (Wildman–Crippen LogP) is 2.23. The second kappa shape index (κ2) is 5.16. The number of carbonyl (C=O) groups excluding carboxylic acids is 1. The van der Waals surface area contributed by atoms with Crippen molar-refractivity contribution in [1.29, 1.82) is 0 Å². The van der Waals surface area contributed by atoms with Crippen molar-refractivity contribution in [3.63, 3.8) is 0 Å². The van der Waals surface area contributed by atoms with Crippen molar-refractivity contribution in [2.24, 2.45) is 11.8 Å². The molecule has 0 saturated heterocycles. The van der Waals surface area contributed by atoms with Crippen LogP contribution in [0.4, 0.5) is 0 Å². The Morgan fingerprint density at radius 3 is 2.27 bits per heavy atom. The fourth-order valence-electron chi connectivity index (χ4n) is 1.15. The van der Waals surface area contributed by atoms with E-state index in [-0.39, 0.29) is 5.97 Å². The monoisotopic (exact) mass is 158 g/mol. The Bertz CT molecular complexity index is 119. The molecule has 0 radical (unpaired) electrons. The number of ether oxygens (including phenoxy) is 1. The Morgan fingerprint density at radius 1 is 1.45 bits per heavy atom. The first-order valence-corrected chi connectivity index (χ1v) is 4.18. The van der Waals surface area contributed by atoms with Crippen molar-refractivity contribution in [2.75, 3.05) is 7.11 Å². The largest absolute Gasteiger partial charge is 0.469 e. The lowest BCUT2D eigenvalue weighted by Crippen LogP contribution is -2.14. The van der Waals surface area contributed by atoms with E-state index in [1.165, 1.54) is 7.11 Å². The molecule has 0 fully saturated rings. The Morgan fingerprint density at radius 2 is 2.00 bits per heavy atom. The third kappa shape index (κ3) is 4.02. The van der Waals surface area contributed by atoms with E-state index in [2.05, 4.69) is 25.5 Å². The summed E-state index contributed by atoms with van der Waals surface area (Å²) in [5.41, 5.74) is 0. The average Bonchev–Trinajstić information content (AvgIpc) is 1.99. The maximum atomic E-state index is 10.9. The minimum Gasteiger partial charge on any atom is -0.469 e. The second-order valence-corrected chi connectivity index (χ2v) is 3.19. The van der Waals surface area contributed by atoms with Crippen LogP contribution in [0.15, 0.2) is 0 Å². The van der Waals surface area contributed by atoms with Gasteiger partial charge in [0.1, 0.15) is 0 Å². The molecule has 0 aromatic heterocycles. The van der Waals surface area contributed by atoms with E-state index in [9.17, 15) is 4.79 Å². The molecule has 1 unspecified atom stereocenters. The first-order chi connectivity index (χ1) is 5.11. The summed E-state index contributed by atoms with van der Waals surface area (Å²) >= 11 is 0. The van der Waals surface area contributed by atoms with E-state index in [0.717, 1.165) is 6.42 Å². The molecule has 0 heterocycles. The Labute approximate surface area is 68.9 Å². The Hall–Kier alpha value is -0.530. The molecule has 2 nitrogen and oxygen atoms in total. The van der Waals surface area contributed by atoms with Gasteiger partial charge in [-0.25, -0.2) is 0 Å². The van der Waals surface area contributed by atoms with Crippen molar-refractivity contribution >= 4 is 5.97 Å². The summed E-state index contributed by atoms with van der Waals surface area (Å²) in [6.45, 7) is 6.38. The highest BCUT2D eigenvalue weighted by atomic mass is 16.5. The van der Waals surface area contributed by atoms with Crippen molar-refractivity contribution in [2.45, 2.75) is 33.6 Å². The van der Waals surface area contributed by atoms with Gasteiger partial charge >= 0.3 is 5.97 Å². The van der Waals surface area contributed by atoms with E-state index in [4.69, 9.17) is 0 Å². The van der Waals surface area contributed by atoms with Gasteiger partial charge in [0.2, 0.25) is 0 Å². The van der Waals surface area contributed by atoms with Crippen LogP contribution in [0.5, 0.6) is 0 Å². The quantitative estimate of drug-likeness (QED) is 0.586. The molecule has 0 aliphatic rings. The normalized spacial score (nSPS) is 13.2. The van der Waals surface area contributed by atoms with Crippen molar-refractivity contribution in [3.8, 4) is 0 Å². The summed E-state index contributed by atoms with van der Waals surface area (Å²) in [4.78, 5) is 10.9. The van der Waals surface area contributed by atoms with E-state index >= 15 is 0 Å². The number of esters is 1. The van der Waals surface area contributed by atoms with Crippen LogP contribution in [-0.2, 0) is 9.53 Å². The zero-order valence-corrected chi connectivity index (χ0v) is 7.89. The molecule has 0 spiro atoms. The van der Waals surface area contributed by atoms with Gasteiger partial charge < -0.3 is 4.74 Å². The zero-order valence-electron chi connectivity index (χ0n) is 7.89. The SMILES string of the molecule is CCC(CC(=O)OC)C(C)C. The van der Waals surface area contributed by atoms with Gasteiger partial charge in [0.25, 0.3) is 0 Å². The average molecular weight is 158 g/mol. The molecule has 0 bridgehead atoms. The van der Waals surface area contributed by atoms with Crippen molar-refractivity contribution in [1.82, 2.24) is 0 Å². The predicted molar refractivity (Wildman–Crippen MR) is 45.3 cm³/mol. The minimum absolute atomic E-state index is 0.0921. The van der Waals surface area contributed by atoms with Crippen LogP contribution in [0.2, 0.25) is 0 Å². The highest BCUT2D eigenvalue weighted by Crippen LogP contribution is 2.18. The summed E-state index contributed by atoms with van der Waals surface area (Å²) in [7, 11) is 1.44. The fourth-order valence-corrected chi connectivity index (χ4v) is 1.15. The number of carbonyl (C=O) groups is 1. The van der Waals surface area contributed by atoms with Crippen LogP contribution in [0.25, 0.3) is 0 Å². The van der Waals surface area contributed by atoms with E-state index in [1.54, 1.807) is 0 Å². The highest BCUT2D eigenvalue weighted by Gasteiger charge is 2.15. The Balaban J connectivity index is 3.78. The van der Waals surface area contributed by atoms with Crippen LogP contribution in [0.3, 0.4) is 0 Å². The second-order valence-electron chi connectivity index (χ2n) is 3.19. The first-order valence-electron chi connectivity index (χ1n) is 4.18. The molecular weight excluding hydrogens is 140 g/mol. The third-order valence-electron chi connectivity index (χ3n) is 2.12. The van der Waals surface area contributed by atoms with Gasteiger partial charge in [-0.05, 0) is 11.8 Å². The molecular formula is C9H18O2. The van der Waals surface area contributed by atoms with Gasteiger partial charge in [0, 0.05) is 6.42 Å². The lowest BCUT2D eigenvalue weighted by molar-refractivity contribution is -0.142. The summed E-state index contributed by atoms with van der Waals surface area (Å²) in [6.07, 6.45) is 1.61. The summed E-state index contributed by atoms with van der Waals surface area (Å²) in [6, 6.07) is 0. The number of hydrogen-bond acceptors (Lipinski definition) is 2. The van der Waals surface area contributed by atoms with Gasteiger partial charge in [-0.15, -0.1) is 0 Å². The molecule has 0 saturated carbocycles. The van der Waals surface area contributed by atoms with Gasteiger partial charge in [0.15, 0.2) is 0 Å². The number of rotatable bonds is 4. The van der Waals surface area contributed by atoms with Gasteiger partial charge in [-0.2, -0.15) is 0 Å². The topological polar surface area (TPSA) is 26.3 Å². The highest BCUT2D eigenvalue weighted by molar-refractivity contribution is 5.69. The molecule has 0 aliphatic carbocycles. The maximum absolute atomic E-state index is 10.9. The molecule has 0 aromatic rings. The molecule has 0 aromatic carbocycles. The summed E-state index contributed by atoms with van der Waals surface area (Å²) in [5.74, 6) is 0.951. The molecule has 0 N–H and O–H groups in total. The van der Waals surface area contributed by atoms with E-state index in [0.29, 0.717) is 18.3 Å². The summed E-state index contributed by atoms with van der Waals surface area (Å²) < 4.78 is 4.59. The van der Waals surface area contributed by atoms with Crippen molar-refractivity contribution < 1.29 is 9.53 Å². The zero-order chi connectivity index (χ0) is 8.85. The third-order valence-corrected chi connectivity index (χ3v) is 2.12. The molecule has 0 amide bonds. The molecule has 0 rings (SSSR count). The summed E-state index contributed by atoms with van der Waals surface area (Å²) in [5, 5.41) is 0. The fraction of sp³-hybridized carbons (Fsp3) is 0.889. The molecule has 0 aliphatic heterocycles.